The summed E-state index contributed by atoms with van der Waals surface area (Å²) in [5.41, 5.74) is 6.16. The van der Waals surface area contributed by atoms with Gasteiger partial charge in [0, 0.05) is 12.1 Å². The Morgan fingerprint density at radius 2 is 1.92 bits per heavy atom. The van der Waals surface area contributed by atoms with Crippen molar-refractivity contribution in [2.75, 3.05) is 13.2 Å². The summed E-state index contributed by atoms with van der Waals surface area (Å²) in [6.07, 6.45) is 6.01. The first-order valence-corrected chi connectivity index (χ1v) is 5.49. The van der Waals surface area contributed by atoms with Crippen LogP contribution in [0.3, 0.4) is 0 Å². The Labute approximate surface area is 81.8 Å². The molecule has 2 nitrogen and oxygen atoms in total. The average Bonchev–Trinajstić information content (AvgIpc) is 2.47. The lowest BCUT2D eigenvalue weighted by atomic mass is 10.0. The summed E-state index contributed by atoms with van der Waals surface area (Å²) in [7, 11) is 0. The van der Waals surface area contributed by atoms with Crippen LogP contribution in [-0.4, -0.2) is 18.8 Å². The molecule has 2 N–H and O–H groups in total. The maximum absolute atomic E-state index is 6.15. The number of rotatable bonds is 5. The molecule has 1 aliphatic rings. The molecule has 2 heteroatoms. The van der Waals surface area contributed by atoms with Gasteiger partial charge >= 0.3 is 0 Å². The van der Waals surface area contributed by atoms with Crippen LogP contribution in [0.4, 0.5) is 0 Å². The predicted octanol–water partition coefficient (Wildman–Crippen LogP) is 2.32. The van der Waals surface area contributed by atoms with E-state index in [0.717, 1.165) is 38.4 Å². The van der Waals surface area contributed by atoms with E-state index in [4.69, 9.17) is 10.5 Å². The molecule has 1 rings (SSSR count). The fourth-order valence-electron chi connectivity index (χ4n) is 1.82. The Bertz CT molecular complexity index is 139. The van der Waals surface area contributed by atoms with Gasteiger partial charge in [-0.1, -0.05) is 26.7 Å². The van der Waals surface area contributed by atoms with Crippen LogP contribution in [0, 0.1) is 5.92 Å². The van der Waals surface area contributed by atoms with E-state index < -0.39 is 0 Å². The minimum atomic E-state index is 0.0109. The lowest BCUT2D eigenvalue weighted by molar-refractivity contribution is 0.0794. The SMILES string of the molecule is CC(C)CCOCC1(N)CCCC1. The summed E-state index contributed by atoms with van der Waals surface area (Å²) < 4.78 is 5.61. The lowest BCUT2D eigenvalue weighted by Gasteiger charge is -2.23. The van der Waals surface area contributed by atoms with Crippen molar-refractivity contribution in [3.05, 3.63) is 0 Å². The molecule has 1 fully saturated rings. The Hall–Kier alpha value is -0.0800. The Balaban J connectivity index is 2.04. The smallest absolute Gasteiger partial charge is 0.0646 e. The van der Waals surface area contributed by atoms with E-state index in [0.29, 0.717) is 0 Å². The molecular weight excluding hydrogens is 162 g/mol. The fraction of sp³-hybridized carbons (Fsp3) is 1.00. The Kier molecular flexibility index (Phi) is 4.20. The zero-order valence-electron chi connectivity index (χ0n) is 9.01. The van der Waals surface area contributed by atoms with Gasteiger partial charge in [0.15, 0.2) is 0 Å². The van der Waals surface area contributed by atoms with E-state index in [1.165, 1.54) is 12.8 Å². The van der Waals surface area contributed by atoms with Gasteiger partial charge in [0.1, 0.15) is 0 Å². The predicted molar refractivity (Wildman–Crippen MR) is 55.7 cm³/mol. The highest BCUT2D eigenvalue weighted by atomic mass is 16.5. The van der Waals surface area contributed by atoms with Crippen LogP contribution in [0.5, 0.6) is 0 Å². The Morgan fingerprint density at radius 1 is 1.31 bits per heavy atom. The van der Waals surface area contributed by atoms with Crippen LogP contribution in [0.15, 0.2) is 0 Å². The molecule has 13 heavy (non-hydrogen) atoms. The summed E-state index contributed by atoms with van der Waals surface area (Å²) in [4.78, 5) is 0. The van der Waals surface area contributed by atoms with Gasteiger partial charge in [0.25, 0.3) is 0 Å². The van der Waals surface area contributed by atoms with Gasteiger partial charge in [0.2, 0.25) is 0 Å². The van der Waals surface area contributed by atoms with Crippen LogP contribution in [0.25, 0.3) is 0 Å². The summed E-state index contributed by atoms with van der Waals surface area (Å²) in [6.45, 7) is 6.07. The van der Waals surface area contributed by atoms with E-state index in [-0.39, 0.29) is 5.54 Å². The second kappa shape index (κ2) is 4.97. The summed E-state index contributed by atoms with van der Waals surface area (Å²) in [6, 6.07) is 0. The van der Waals surface area contributed by atoms with E-state index in [1.54, 1.807) is 0 Å². The molecule has 0 unspecified atom stereocenters. The normalized spacial score (nSPS) is 21.2. The van der Waals surface area contributed by atoms with Crippen LogP contribution in [-0.2, 0) is 4.74 Å². The highest BCUT2D eigenvalue weighted by Crippen LogP contribution is 2.27. The molecule has 0 amide bonds. The molecule has 0 heterocycles. The van der Waals surface area contributed by atoms with Crippen LogP contribution in [0.2, 0.25) is 0 Å². The molecule has 78 valence electrons. The van der Waals surface area contributed by atoms with Gasteiger partial charge in [-0.05, 0) is 25.2 Å². The molecule has 1 aliphatic carbocycles. The Morgan fingerprint density at radius 3 is 2.46 bits per heavy atom. The average molecular weight is 185 g/mol. The molecular formula is C11H23NO. The van der Waals surface area contributed by atoms with E-state index in [9.17, 15) is 0 Å². The van der Waals surface area contributed by atoms with Crippen molar-refractivity contribution < 1.29 is 4.74 Å². The highest BCUT2D eigenvalue weighted by molar-refractivity contribution is 4.88. The van der Waals surface area contributed by atoms with E-state index >= 15 is 0 Å². The van der Waals surface area contributed by atoms with Crippen molar-refractivity contribution in [2.45, 2.75) is 51.5 Å². The van der Waals surface area contributed by atoms with Crippen LogP contribution >= 0.6 is 0 Å². The van der Waals surface area contributed by atoms with Gasteiger partial charge in [-0.15, -0.1) is 0 Å². The molecule has 0 atom stereocenters. The minimum absolute atomic E-state index is 0.0109. The van der Waals surface area contributed by atoms with Gasteiger partial charge in [-0.2, -0.15) is 0 Å². The summed E-state index contributed by atoms with van der Waals surface area (Å²) in [5.74, 6) is 0.734. The second-order valence-electron chi connectivity index (χ2n) is 4.80. The monoisotopic (exact) mass is 185 g/mol. The van der Waals surface area contributed by atoms with Crippen molar-refractivity contribution in [2.24, 2.45) is 11.7 Å². The molecule has 1 saturated carbocycles. The molecule has 0 spiro atoms. The van der Waals surface area contributed by atoms with E-state index in [2.05, 4.69) is 13.8 Å². The minimum Gasteiger partial charge on any atom is -0.380 e. The van der Waals surface area contributed by atoms with Gasteiger partial charge in [-0.3, -0.25) is 0 Å². The second-order valence-corrected chi connectivity index (χ2v) is 4.80. The topological polar surface area (TPSA) is 35.2 Å². The molecule has 0 saturated heterocycles. The molecule has 0 bridgehead atoms. The molecule has 0 aromatic rings. The van der Waals surface area contributed by atoms with E-state index in [1.807, 2.05) is 0 Å². The number of ether oxygens (including phenoxy) is 1. The fourth-order valence-corrected chi connectivity index (χ4v) is 1.82. The van der Waals surface area contributed by atoms with Gasteiger partial charge < -0.3 is 10.5 Å². The summed E-state index contributed by atoms with van der Waals surface area (Å²) in [5, 5.41) is 0. The maximum Gasteiger partial charge on any atom is 0.0646 e. The third-order valence-electron chi connectivity index (χ3n) is 2.83. The van der Waals surface area contributed by atoms with Crippen LogP contribution < -0.4 is 5.73 Å². The molecule has 0 radical (unpaired) electrons. The molecule has 0 aromatic heterocycles. The number of nitrogens with two attached hydrogens (primary N) is 1. The maximum atomic E-state index is 6.15. The standard InChI is InChI=1S/C11H23NO/c1-10(2)5-8-13-9-11(12)6-3-4-7-11/h10H,3-9,12H2,1-2H3. The first-order chi connectivity index (χ1) is 6.12. The third-order valence-corrected chi connectivity index (χ3v) is 2.83. The highest BCUT2D eigenvalue weighted by Gasteiger charge is 2.29. The first kappa shape index (κ1) is 11.0. The third kappa shape index (κ3) is 4.10. The van der Waals surface area contributed by atoms with Crippen LogP contribution in [0.1, 0.15) is 46.0 Å². The van der Waals surface area contributed by atoms with Gasteiger partial charge in [0.05, 0.1) is 6.61 Å². The number of hydrogen-bond donors (Lipinski definition) is 1. The van der Waals surface area contributed by atoms with Crippen molar-refractivity contribution in [3.8, 4) is 0 Å². The van der Waals surface area contributed by atoms with Crippen molar-refractivity contribution in [1.82, 2.24) is 0 Å². The van der Waals surface area contributed by atoms with Crippen molar-refractivity contribution in [3.63, 3.8) is 0 Å². The van der Waals surface area contributed by atoms with Crippen molar-refractivity contribution in [1.29, 1.82) is 0 Å². The van der Waals surface area contributed by atoms with Crippen molar-refractivity contribution >= 4 is 0 Å². The molecule has 0 aromatic carbocycles. The van der Waals surface area contributed by atoms with Gasteiger partial charge in [-0.25, -0.2) is 0 Å². The summed E-state index contributed by atoms with van der Waals surface area (Å²) >= 11 is 0. The lowest BCUT2D eigenvalue weighted by Crippen LogP contribution is -2.41. The quantitative estimate of drug-likeness (QED) is 0.667. The first-order valence-electron chi connectivity index (χ1n) is 5.49. The zero-order valence-corrected chi connectivity index (χ0v) is 9.01. The largest absolute Gasteiger partial charge is 0.380 e. The zero-order chi connectivity index (χ0) is 9.73. The number of hydrogen-bond acceptors (Lipinski definition) is 2. The molecule has 0 aliphatic heterocycles.